The Kier molecular flexibility index (Phi) is 2.42. The maximum atomic E-state index is 2.77. The predicted octanol–water partition coefficient (Wildman–Crippen LogP) is 3.30. The molecule has 1 heteroatoms. The summed E-state index contributed by atoms with van der Waals surface area (Å²) in [7, 11) is 0. The van der Waals surface area contributed by atoms with Gasteiger partial charge in [-0.3, -0.25) is 4.90 Å². The monoisotopic (exact) mass is 195 g/mol. The third-order valence-corrected chi connectivity index (χ3v) is 3.78. The second-order valence-electron chi connectivity index (χ2n) is 6.45. The van der Waals surface area contributed by atoms with Crippen LogP contribution in [0.1, 0.15) is 53.4 Å². The zero-order valence-corrected chi connectivity index (χ0v) is 10.3. The zero-order valence-electron chi connectivity index (χ0n) is 10.3. The van der Waals surface area contributed by atoms with Crippen LogP contribution < -0.4 is 0 Å². The van der Waals surface area contributed by atoms with Crippen molar-refractivity contribution in [2.24, 2.45) is 11.3 Å². The van der Waals surface area contributed by atoms with Gasteiger partial charge >= 0.3 is 0 Å². The van der Waals surface area contributed by atoms with E-state index in [-0.39, 0.29) is 0 Å². The number of hydrogen-bond acceptors (Lipinski definition) is 1. The van der Waals surface area contributed by atoms with Gasteiger partial charge < -0.3 is 0 Å². The average molecular weight is 195 g/mol. The van der Waals surface area contributed by atoms with Crippen LogP contribution in [0.15, 0.2) is 0 Å². The minimum atomic E-state index is 0.459. The Bertz CT molecular complexity index is 206. The van der Waals surface area contributed by atoms with Crippen molar-refractivity contribution in [3.63, 3.8) is 0 Å². The van der Waals surface area contributed by atoms with E-state index in [9.17, 15) is 0 Å². The lowest BCUT2D eigenvalue weighted by Gasteiger charge is -2.36. The van der Waals surface area contributed by atoms with Gasteiger partial charge in [0.2, 0.25) is 0 Å². The highest BCUT2D eigenvalue weighted by molar-refractivity contribution is 5.12. The molecule has 0 amide bonds. The second kappa shape index (κ2) is 3.23. The van der Waals surface area contributed by atoms with Crippen molar-refractivity contribution in [3.8, 4) is 0 Å². The Morgan fingerprint density at radius 1 is 1.21 bits per heavy atom. The minimum absolute atomic E-state index is 0.459. The fourth-order valence-corrected chi connectivity index (χ4v) is 2.89. The first kappa shape index (κ1) is 10.5. The normalized spacial score (nSPS) is 25.5. The Labute approximate surface area is 88.9 Å². The Hall–Kier alpha value is -0.0400. The van der Waals surface area contributed by atoms with Crippen molar-refractivity contribution in [2.75, 3.05) is 13.1 Å². The van der Waals surface area contributed by atoms with Crippen LogP contribution in [0.3, 0.4) is 0 Å². The fourth-order valence-electron chi connectivity index (χ4n) is 2.89. The van der Waals surface area contributed by atoms with Crippen molar-refractivity contribution in [2.45, 2.75) is 58.9 Å². The van der Waals surface area contributed by atoms with Gasteiger partial charge in [0.05, 0.1) is 0 Å². The van der Waals surface area contributed by atoms with Crippen LogP contribution >= 0.6 is 0 Å². The molecule has 0 bridgehead atoms. The first-order valence-electron chi connectivity index (χ1n) is 6.23. The molecule has 0 aromatic heterocycles. The molecule has 82 valence electrons. The molecule has 0 saturated heterocycles. The lowest BCUT2D eigenvalue weighted by atomic mass is 9.94. The summed E-state index contributed by atoms with van der Waals surface area (Å²) in [5, 5.41) is 0. The largest absolute Gasteiger partial charge is 0.297 e. The highest BCUT2D eigenvalue weighted by Crippen LogP contribution is 2.57. The topological polar surface area (TPSA) is 3.24 Å². The van der Waals surface area contributed by atoms with Crippen LogP contribution in [0.2, 0.25) is 0 Å². The van der Waals surface area contributed by atoms with Gasteiger partial charge in [0.1, 0.15) is 0 Å². The predicted molar refractivity (Wildman–Crippen MR) is 61.4 cm³/mol. The third kappa shape index (κ3) is 1.98. The lowest BCUT2D eigenvalue weighted by molar-refractivity contribution is 0.114. The van der Waals surface area contributed by atoms with E-state index < -0.39 is 0 Å². The van der Waals surface area contributed by atoms with Gasteiger partial charge in [-0.1, -0.05) is 27.7 Å². The van der Waals surface area contributed by atoms with Crippen LogP contribution in [0.25, 0.3) is 0 Å². The standard InChI is InChI=1S/C13H25N/c1-5-14(10-12(2,3)4)13(8-9-13)11-6-7-11/h11H,5-10H2,1-4H3. The highest BCUT2D eigenvalue weighted by Gasteiger charge is 2.57. The molecule has 0 aliphatic heterocycles. The average Bonchev–Trinajstić information content (AvgIpc) is 2.85. The fraction of sp³-hybridized carbons (Fsp3) is 1.00. The molecule has 0 heterocycles. The van der Waals surface area contributed by atoms with Gasteiger partial charge in [0.15, 0.2) is 0 Å². The molecule has 1 nitrogen and oxygen atoms in total. The van der Waals surface area contributed by atoms with Crippen LogP contribution in [-0.2, 0) is 0 Å². The van der Waals surface area contributed by atoms with Crippen LogP contribution in [0.4, 0.5) is 0 Å². The molecule has 2 rings (SSSR count). The molecular weight excluding hydrogens is 170 g/mol. The summed E-state index contributed by atoms with van der Waals surface area (Å²) in [6, 6.07) is 0. The first-order valence-corrected chi connectivity index (χ1v) is 6.23. The van der Waals surface area contributed by atoms with E-state index in [2.05, 4.69) is 32.6 Å². The van der Waals surface area contributed by atoms with E-state index >= 15 is 0 Å². The molecule has 2 saturated carbocycles. The summed E-state index contributed by atoms with van der Waals surface area (Å²) in [5.41, 5.74) is 1.13. The van der Waals surface area contributed by atoms with Crippen LogP contribution in [0, 0.1) is 11.3 Å². The zero-order chi connectivity index (χ0) is 10.4. The molecule has 2 fully saturated rings. The molecule has 0 N–H and O–H groups in total. The quantitative estimate of drug-likeness (QED) is 0.665. The van der Waals surface area contributed by atoms with E-state index in [1.807, 2.05) is 0 Å². The Morgan fingerprint density at radius 3 is 2.07 bits per heavy atom. The smallest absolute Gasteiger partial charge is 0.0239 e. The summed E-state index contributed by atoms with van der Waals surface area (Å²) in [6.45, 7) is 11.9. The van der Waals surface area contributed by atoms with Crippen LogP contribution in [0.5, 0.6) is 0 Å². The molecular formula is C13H25N. The second-order valence-corrected chi connectivity index (χ2v) is 6.45. The van der Waals surface area contributed by atoms with Gasteiger partial charge in [-0.2, -0.15) is 0 Å². The summed E-state index contributed by atoms with van der Waals surface area (Å²) >= 11 is 0. The van der Waals surface area contributed by atoms with Gasteiger partial charge in [-0.25, -0.2) is 0 Å². The molecule has 0 aromatic rings. The molecule has 0 aromatic carbocycles. The molecule has 0 atom stereocenters. The SMILES string of the molecule is CCN(CC(C)(C)C)C1(C2CC2)CC1. The lowest BCUT2D eigenvalue weighted by Crippen LogP contribution is -2.43. The summed E-state index contributed by atoms with van der Waals surface area (Å²) in [6.07, 6.45) is 5.95. The van der Waals surface area contributed by atoms with E-state index in [1.54, 1.807) is 0 Å². The van der Waals surface area contributed by atoms with E-state index in [0.717, 1.165) is 5.92 Å². The van der Waals surface area contributed by atoms with Crippen LogP contribution in [-0.4, -0.2) is 23.5 Å². The maximum Gasteiger partial charge on any atom is 0.0239 e. The van der Waals surface area contributed by atoms with Gasteiger partial charge in [-0.15, -0.1) is 0 Å². The highest BCUT2D eigenvalue weighted by atomic mass is 15.2. The third-order valence-electron chi connectivity index (χ3n) is 3.78. The number of hydrogen-bond donors (Lipinski definition) is 0. The van der Waals surface area contributed by atoms with Gasteiger partial charge in [0.25, 0.3) is 0 Å². The molecule has 0 radical (unpaired) electrons. The van der Waals surface area contributed by atoms with Crippen molar-refractivity contribution in [1.29, 1.82) is 0 Å². The number of rotatable bonds is 4. The minimum Gasteiger partial charge on any atom is -0.297 e. The summed E-state index contributed by atoms with van der Waals surface area (Å²) in [4.78, 5) is 2.77. The molecule has 0 spiro atoms. The Balaban J connectivity index is 1.98. The molecule has 2 aliphatic carbocycles. The van der Waals surface area contributed by atoms with Crippen molar-refractivity contribution in [3.05, 3.63) is 0 Å². The summed E-state index contributed by atoms with van der Waals surface area (Å²) in [5.74, 6) is 1.06. The van der Waals surface area contributed by atoms with Gasteiger partial charge in [0, 0.05) is 12.1 Å². The van der Waals surface area contributed by atoms with Crippen molar-refractivity contribution >= 4 is 0 Å². The first-order chi connectivity index (χ1) is 6.48. The molecule has 14 heavy (non-hydrogen) atoms. The molecule has 2 aliphatic rings. The van der Waals surface area contributed by atoms with Gasteiger partial charge in [-0.05, 0) is 43.6 Å². The Morgan fingerprint density at radius 2 is 1.79 bits per heavy atom. The van der Waals surface area contributed by atoms with Crippen molar-refractivity contribution in [1.82, 2.24) is 4.90 Å². The molecule has 0 unspecified atom stereocenters. The van der Waals surface area contributed by atoms with E-state index in [0.29, 0.717) is 11.0 Å². The van der Waals surface area contributed by atoms with Crippen molar-refractivity contribution < 1.29 is 0 Å². The van der Waals surface area contributed by atoms with E-state index in [1.165, 1.54) is 38.8 Å². The summed E-state index contributed by atoms with van der Waals surface area (Å²) < 4.78 is 0. The number of nitrogens with zero attached hydrogens (tertiary/aromatic N) is 1. The maximum absolute atomic E-state index is 2.77. The van der Waals surface area contributed by atoms with E-state index in [4.69, 9.17) is 0 Å².